The van der Waals surface area contributed by atoms with Crippen molar-refractivity contribution in [2.45, 2.75) is 38.4 Å². The summed E-state index contributed by atoms with van der Waals surface area (Å²) in [6.07, 6.45) is 0.379. The number of benzene rings is 1. The summed E-state index contributed by atoms with van der Waals surface area (Å²) in [4.78, 5) is 8.70. The fraction of sp³-hybridized carbons (Fsp3) is 0.333. The quantitative estimate of drug-likeness (QED) is 0.754. The molecule has 4 rings (SSSR count). The van der Waals surface area contributed by atoms with Crippen LogP contribution in [0.3, 0.4) is 0 Å². The van der Waals surface area contributed by atoms with Gasteiger partial charge in [0, 0.05) is 17.1 Å². The van der Waals surface area contributed by atoms with E-state index in [1.54, 1.807) is 11.5 Å². The Morgan fingerprint density at radius 3 is 2.50 bits per heavy atom. The zero-order chi connectivity index (χ0) is 16.8. The molecule has 124 valence electrons. The molecule has 3 aromatic rings. The van der Waals surface area contributed by atoms with Crippen molar-refractivity contribution in [1.29, 1.82) is 0 Å². The molecule has 0 spiro atoms. The second-order valence-electron chi connectivity index (χ2n) is 6.19. The van der Waals surface area contributed by atoms with E-state index in [-0.39, 0.29) is 0 Å². The maximum Gasteiger partial charge on any atom is 0.164 e. The van der Waals surface area contributed by atoms with Gasteiger partial charge >= 0.3 is 0 Å². The van der Waals surface area contributed by atoms with Crippen LogP contribution in [0.5, 0.6) is 0 Å². The molecule has 0 bridgehead atoms. The fourth-order valence-corrected chi connectivity index (χ4v) is 3.32. The molecule has 0 amide bonds. The number of hydrogen-bond donors (Lipinski definition) is 2. The lowest BCUT2D eigenvalue weighted by atomic mass is 10.1. The lowest BCUT2D eigenvalue weighted by Gasteiger charge is -2.17. The van der Waals surface area contributed by atoms with Gasteiger partial charge in [0.15, 0.2) is 6.23 Å². The van der Waals surface area contributed by atoms with Crippen LogP contribution < -0.4 is 0 Å². The second kappa shape index (κ2) is 5.66. The third kappa shape index (κ3) is 2.23. The summed E-state index contributed by atoms with van der Waals surface area (Å²) in [6.45, 7) is 3.68. The van der Waals surface area contributed by atoms with E-state index in [1.807, 2.05) is 43.5 Å². The van der Waals surface area contributed by atoms with Crippen LogP contribution in [0.1, 0.15) is 18.8 Å². The van der Waals surface area contributed by atoms with E-state index in [9.17, 15) is 10.2 Å². The number of aromatic nitrogens is 3. The van der Waals surface area contributed by atoms with Crippen molar-refractivity contribution in [3.05, 3.63) is 48.5 Å². The van der Waals surface area contributed by atoms with Crippen LogP contribution in [0.25, 0.3) is 22.2 Å². The van der Waals surface area contributed by atoms with Crippen LogP contribution >= 0.6 is 0 Å². The Kier molecular flexibility index (Phi) is 3.60. The SMILES string of the molecule is Cc1ncnc2c1c(-c1ccccc1)cn2[C@@H]1O[C@H](C)[C@@H](O)[C@H]1O. The molecule has 0 unspecified atom stereocenters. The Morgan fingerprint density at radius 2 is 1.83 bits per heavy atom. The summed E-state index contributed by atoms with van der Waals surface area (Å²) in [6, 6.07) is 9.96. The molecule has 1 aliphatic rings. The van der Waals surface area contributed by atoms with Gasteiger partial charge in [0.1, 0.15) is 24.2 Å². The van der Waals surface area contributed by atoms with Crippen molar-refractivity contribution in [2.75, 3.05) is 0 Å². The van der Waals surface area contributed by atoms with Crippen molar-refractivity contribution in [3.8, 4) is 11.1 Å². The summed E-state index contributed by atoms with van der Waals surface area (Å²) in [5.74, 6) is 0. The first kappa shape index (κ1) is 15.3. The zero-order valence-electron chi connectivity index (χ0n) is 13.5. The molecule has 2 N–H and O–H groups in total. The van der Waals surface area contributed by atoms with Crippen molar-refractivity contribution in [3.63, 3.8) is 0 Å². The van der Waals surface area contributed by atoms with Crippen LogP contribution in [0.15, 0.2) is 42.9 Å². The fourth-order valence-electron chi connectivity index (χ4n) is 3.32. The van der Waals surface area contributed by atoms with Gasteiger partial charge < -0.3 is 19.5 Å². The molecule has 6 nitrogen and oxygen atoms in total. The number of fused-ring (bicyclic) bond motifs is 1. The third-order valence-corrected chi connectivity index (χ3v) is 4.63. The molecular formula is C18H19N3O3. The largest absolute Gasteiger partial charge is 0.388 e. The lowest BCUT2D eigenvalue weighted by Crippen LogP contribution is -2.30. The molecule has 1 aliphatic heterocycles. The average molecular weight is 325 g/mol. The minimum atomic E-state index is -1.01. The standard InChI is InChI=1S/C18H19N3O3/c1-10-14-13(12-6-4-3-5-7-12)8-21(17(14)20-9-19-10)18-16(23)15(22)11(2)24-18/h3-9,11,15-16,18,22-23H,1-2H3/t11-,15-,16-,18-/m1/s1. The van der Waals surface area contributed by atoms with E-state index >= 15 is 0 Å². The highest BCUT2D eigenvalue weighted by Gasteiger charge is 2.42. The van der Waals surface area contributed by atoms with Crippen LogP contribution in [-0.2, 0) is 4.74 Å². The molecule has 1 fully saturated rings. The molecular weight excluding hydrogens is 306 g/mol. The maximum absolute atomic E-state index is 10.4. The zero-order valence-corrected chi connectivity index (χ0v) is 13.5. The van der Waals surface area contributed by atoms with Gasteiger partial charge in [-0.05, 0) is 19.4 Å². The summed E-state index contributed by atoms with van der Waals surface area (Å²) < 4.78 is 7.57. The van der Waals surface area contributed by atoms with E-state index in [2.05, 4.69) is 9.97 Å². The molecule has 0 radical (unpaired) electrons. The van der Waals surface area contributed by atoms with Crippen molar-refractivity contribution >= 4 is 11.0 Å². The number of nitrogens with zero attached hydrogens (tertiary/aromatic N) is 3. The first-order chi connectivity index (χ1) is 11.6. The predicted molar refractivity (Wildman–Crippen MR) is 89.3 cm³/mol. The van der Waals surface area contributed by atoms with Crippen molar-refractivity contribution in [2.24, 2.45) is 0 Å². The van der Waals surface area contributed by atoms with Crippen LogP contribution in [-0.4, -0.2) is 43.1 Å². The highest BCUT2D eigenvalue weighted by molar-refractivity contribution is 5.95. The normalized spacial score (nSPS) is 27.0. The summed E-state index contributed by atoms with van der Waals surface area (Å²) in [5, 5.41) is 21.3. The molecule has 4 atom stereocenters. The van der Waals surface area contributed by atoms with E-state index in [4.69, 9.17) is 4.74 Å². The average Bonchev–Trinajstić information content (AvgIpc) is 3.10. The van der Waals surface area contributed by atoms with Gasteiger partial charge in [0.2, 0.25) is 0 Å². The van der Waals surface area contributed by atoms with Gasteiger partial charge in [0.25, 0.3) is 0 Å². The van der Waals surface area contributed by atoms with Crippen LogP contribution in [0, 0.1) is 6.92 Å². The van der Waals surface area contributed by atoms with Crippen LogP contribution in [0.2, 0.25) is 0 Å². The number of rotatable bonds is 2. The van der Waals surface area contributed by atoms with Crippen molar-refractivity contribution < 1.29 is 14.9 Å². The van der Waals surface area contributed by atoms with Gasteiger partial charge in [-0.3, -0.25) is 0 Å². The molecule has 0 aliphatic carbocycles. The van der Waals surface area contributed by atoms with E-state index < -0.39 is 24.5 Å². The summed E-state index contributed by atoms with van der Waals surface area (Å²) >= 11 is 0. The Morgan fingerprint density at radius 1 is 1.08 bits per heavy atom. The predicted octanol–water partition coefficient (Wildman–Crippen LogP) is 2.05. The molecule has 2 aromatic heterocycles. The molecule has 1 aromatic carbocycles. The molecule has 24 heavy (non-hydrogen) atoms. The molecule has 6 heteroatoms. The first-order valence-corrected chi connectivity index (χ1v) is 7.97. The monoisotopic (exact) mass is 325 g/mol. The van der Waals surface area contributed by atoms with Crippen LogP contribution in [0.4, 0.5) is 0 Å². The number of ether oxygens (including phenoxy) is 1. The van der Waals surface area contributed by atoms with E-state index in [1.165, 1.54) is 6.33 Å². The van der Waals surface area contributed by atoms with E-state index in [0.29, 0.717) is 5.65 Å². The van der Waals surface area contributed by atoms with E-state index in [0.717, 1.165) is 22.2 Å². The smallest absolute Gasteiger partial charge is 0.164 e. The minimum absolute atomic E-state index is 0.439. The Labute approximate surface area is 139 Å². The summed E-state index contributed by atoms with van der Waals surface area (Å²) in [5.41, 5.74) is 3.57. The Hall–Kier alpha value is -2.28. The lowest BCUT2D eigenvalue weighted by molar-refractivity contribution is -0.0296. The first-order valence-electron chi connectivity index (χ1n) is 7.97. The number of aryl methyl sites for hydroxylation is 1. The highest BCUT2D eigenvalue weighted by atomic mass is 16.6. The molecule has 0 saturated carbocycles. The van der Waals surface area contributed by atoms with Gasteiger partial charge in [-0.2, -0.15) is 0 Å². The van der Waals surface area contributed by atoms with Gasteiger partial charge in [0.05, 0.1) is 11.8 Å². The second-order valence-corrected chi connectivity index (χ2v) is 6.19. The number of aliphatic hydroxyl groups is 2. The topological polar surface area (TPSA) is 80.4 Å². The van der Waals surface area contributed by atoms with Gasteiger partial charge in [-0.15, -0.1) is 0 Å². The number of hydrogen-bond acceptors (Lipinski definition) is 5. The maximum atomic E-state index is 10.4. The molecule has 1 saturated heterocycles. The number of aliphatic hydroxyl groups excluding tert-OH is 2. The highest BCUT2D eigenvalue weighted by Crippen LogP contribution is 2.37. The molecule has 3 heterocycles. The Bertz CT molecular complexity index is 878. The van der Waals surface area contributed by atoms with Gasteiger partial charge in [-0.25, -0.2) is 9.97 Å². The minimum Gasteiger partial charge on any atom is -0.388 e. The summed E-state index contributed by atoms with van der Waals surface area (Å²) in [7, 11) is 0. The van der Waals surface area contributed by atoms with Crippen molar-refractivity contribution in [1.82, 2.24) is 14.5 Å². The Balaban J connectivity index is 1.94. The van der Waals surface area contributed by atoms with Gasteiger partial charge in [-0.1, -0.05) is 30.3 Å². The third-order valence-electron chi connectivity index (χ3n) is 4.63.